The molecule has 0 saturated carbocycles. The topological polar surface area (TPSA) is 29.3 Å². The quantitative estimate of drug-likeness (QED) is 0.463. The maximum absolute atomic E-state index is 10.3. The van der Waals surface area contributed by atoms with Gasteiger partial charge in [0.05, 0.1) is 4.91 Å². The lowest BCUT2D eigenvalue weighted by atomic mass is 10.5. The van der Waals surface area contributed by atoms with Crippen LogP contribution in [0, 0.1) is 4.91 Å². The van der Waals surface area contributed by atoms with Crippen LogP contribution in [0.2, 0.25) is 0 Å². The molecule has 0 saturated heterocycles. The van der Waals surface area contributed by atoms with Gasteiger partial charge in [-0.3, -0.25) is 0 Å². The van der Waals surface area contributed by atoms with E-state index in [1.54, 1.807) is 18.2 Å². The zero-order valence-corrected chi connectivity index (χ0v) is 4.28. The van der Waals surface area contributed by atoms with Crippen molar-refractivity contribution in [3.05, 3.63) is 29.3 Å². The number of nitrogens with zero attached hydrogens (tertiary/aromatic N) is 1. The lowest BCUT2D eigenvalue weighted by Gasteiger charge is -1.78. The first-order valence-electron chi connectivity index (χ1n) is 2.32. The summed E-state index contributed by atoms with van der Waals surface area (Å²) in [6, 6.07) is 0. The van der Waals surface area contributed by atoms with Crippen molar-refractivity contribution >= 4 is 0 Å². The molecular weight excluding hydrogens is 106 g/mol. The molecule has 0 unspecified atom stereocenters. The van der Waals surface area contributed by atoms with Crippen molar-refractivity contribution in [3.8, 4) is 0 Å². The number of hydrogen-bond acceptors (Lipinski definition) is 2. The van der Waals surface area contributed by atoms with E-state index in [1.165, 1.54) is 6.20 Å². The van der Waals surface area contributed by atoms with Gasteiger partial charge in [-0.1, -0.05) is 6.08 Å². The fraction of sp³-hybridized carbons (Fsp3) is 0.200. The number of hydrogen-bond donors (Lipinski definition) is 0. The van der Waals surface area contributed by atoms with Gasteiger partial charge in [0.25, 0.3) is 11.1 Å². The highest BCUT2D eigenvalue weighted by atomic mass is 16.8. The fourth-order valence-electron chi connectivity index (χ4n) is 0.414. The van der Waals surface area contributed by atoms with Crippen LogP contribution in [0.5, 0.6) is 0 Å². The lowest BCUT2D eigenvalue weighted by Crippen LogP contribution is -1.98. The molecular formula is C5H6NO2+. The van der Waals surface area contributed by atoms with Gasteiger partial charge in [-0.15, -0.1) is 0 Å². The van der Waals surface area contributed by atoms with E-state index < -0.39 is 0 Å². The van der Waals surface area contributed by atoms with E-state index in [1.807, 2.05) is 0 Å². The second-order valence-corrected chi connectivity index (χ2v) is 1.35. The molecule has 1 aliphatic heterocycles. The molecule has 8 heavy (non-hydrogen) atoms. The van der Waals surface area contributed by atoms with Crippen molar-refractivity contribution < 1.29 is 9.76 Å². The van der Waals surface area contributed by atoms with Crippen LogP contribution < -0.4 is 0 Å². The summed E-state index contributed by atoms with van der Waals surface area (Å²) < 4.78 is 0. The van der Waals surface area contributed by atoms with Crippen LogP contribution in [0.25, 0.3) is 0 Å². The third-order valence-electron chi connectivity index (χ3n) is 0.753. The maximum atomic E-state index is 10.3. The summed E-state index contributed by atoms with van der Waals surface area (Å²) in [5.41, 5.74) is 0. The Morgan fingerprint density at radius 2 is 2.38 bits per heavy atom. The van der Waals surface area contributed by atoms with Gasteiger partial charge in [0.1, 0.15) is 0 Å². The van der Waals surface area contributed by atoms with Crippen molar-refractivity contribution in [1.82, 2.24) is 0 Å². The Morgan fingerprint density at radius 1 is 1.50 bits per heavy atom. The molecule has 0 radical (unpaired) electrons. The highest BCUT2D eigenvalue weighted by molar-refractivity contribution is 4.99. The summed E-state index contributed by atoms with van der Waals surface area (Å²) >= 11 is 0. The predicted molar refractivity (Wildman–Crippen MR) is 27.9 cm³/mol. The minimum absolute atomic E-state index is 0.358. The van der Waals surface area contributed by atoms with E-state index >= 15 is 0 Å². The Morgan fingerprint density at radius 3 is 3.25 bits per heavy atom. The molecule has 1 heterocycles. The van der Waals surface area contributed by atoms with Crippen LogP contribution in [-0.2, 0) is 4.84 Å². The summed E-state index contributed by atoms with van der Waals surface area (Å²) in [6.07, 6.45) is 6.45. The molecule has 1 rings (SSSR count). The average molecular weight is 112 g/mol. The Labute approximate surface area is 46.8 Å². The Bertz CT molecular complexity index is 149. The highest BCUT2D eigenvalue weighted by Gasteiger charge is 2.02. The molecule has 0 N–H and O–H groups in total. The first-order valence-corrected chi connectivity index (χ1v) is 2.32. The van der Waals surface area contributed by atoms with Crippen LogP contribution in [0.15, 0.2) is 24.4 Å². The van der Waals surface area contributed by atoms with Crippen molar-refractivity contribution in [2.75, 3.05) is 6.61 Å². The molecule has 0 spiro atoms. The molecule has 0 aromatic rings. The van der Waals surface area contributed by atoms with Gasteiger partial charge in [-0.25, -0.2) is 4.84 Å². The molecule has 0 aromatic carbocycles. The maximum Gasteiger partial charge on any atom is 0.281 e. The molecule has 1 aliphatic rings. The molecule has 3 nitrogen and oxygen atoms in total. The van der Waals surface area contributed by atoms with Crippen LogP contribution >= 0.6 is 0 Å². The fourth-order valence-corrected chi connectivity index (χ4v) is 0.414. The smallest absolute Gasteiger partial charge is 0.223 e. The molecule has 3 heteroatoms. The van der Waals surface area contributed by atoms with Crippen LogP contribution in [-0.4, -0.2) is 11.5 Å². The second kappa shape index (κ2) is 2.26. The van der Waals surface area contributed by atoms with Gasteiger partial charge >= 0.3 is 0 Å². The Hall–Kier alpha value is -1.12. The minimum atomic E-state index is 0.358. The minimum Gasteiger partial charge on any atom is -0.223 e. The predicted octanol–water partition coefficient (Wildman–Crippen LogP) is 0.780. The number of allylic oxidation sites excluding steroid dienone is 2. The van der Waals surface area contributed by atoms with Gasteiger partial charge in [-0.2, -0.15) is 0 Å². The highest BCUT2D eigenvalue weighted by Crippen LogP contribution is 1.88. The van der Waals surface area contributed by atoms with E-state index in [4.69, 9.17) is 0 Å². The van der Waals surface area contributed by atoms with E-state index in [0.29, 0.717) is 11.5 Å². The largest absolute Gasteiger partial charge is 0.281 e. The monoisotopic (exact) mass is 112 g/mol. The molecule has 42 valence electrons. The zero-order valence-electron chi connectivity index (χ0n) is 4.28. The summed E-state index contributed by atoms with van der Waals surface area (Å²) in [5, 5.41) is 0. The molecule has 0 fully saturated rings. The van der Waals surface area contributed by atoms with Crippen molar-refractivity contribution in [3.63, 3.8) is 0 Å². The molecule has 0 aromatic heterocycles. The van der Waals surface area contributed by atoms with E-state index in [0.717, 1.165) is 0 Å². The molecule has 0 aliphatic carbocycles. The second-order valence-electron chi connectivity index (χ2n) is 1.35. The van der Waals surface area contributed by atoms with Gasteiger partial charge < -0.3 is 0 Å². The lowest BCUT2D eigenvalue weighted by molar-refractivity contribution is -0.753. The SMILES string of the molecule is O=[N+]1C=CC=CCO1. The Kier molecular flexibility index (Phi) is 1.42. The summed E-state index contributed by atoms with van der Waals surface area (Å²) in [7, 11) is 0. The third-order valence-corrected chi connectivity index (χ3v) is 0.753. The molecule has 0 bridgehead atoms. The van der Waals surface area contributed by atoms with Gasteiger partial charge in [0, 0.05) is 6.08 Å². The van der Waals surface area contributed by atoms with Crippen molar-refractivity contribution in [1.29, 1.82) is 0 Å². The summed E-state index contributed by atoms with van der Waals surface area (Å²) in [6.45, 7) is 0.358. The van der Waals surface area contributed by atoms with Gasteiger partial charge in [0.15, 0.2) is 6.61 Å². The van der Waals surface area contributed by atoms with E-state index in [9.17, 15) is 4.91 Å². The third kappa shape index (κ3) is 1.18. The van der Waals surface area contributed by atoms with Crippen molar-refractivity contribution in [2.45, 2.75) is 0 Å². The van der Waals surface area contributed by atoms with Crippen LogP contribution in [0.4, 0.5) is 0 Å². The van der Waals surface area contributed by atoms with Gasteiger partial charge in [-0.05, 0) is 6.08 Å². The van der Waals surface area contributed by atoms with Crippen molar-refractivity contribution in [2.24, 2.45) is 0 Å². The zero-order chi connectivity index (χ0) is 5.82. The standard InChI is InChI=1S/C5H6NO2/c7-6-4-2-1-3-5-8-6/h1-4H,5H2/q+1. The van der Waals surface area contributed by atoms with E-state index in [-0.39, 0.29) is 0 Å². The van der Waals surface area contributed by atoms with Crippen LogP contribution in [0.1, 0.15) is 0 Å². The molecule has 0 amide bonds. The Balaban J connectivity index is 2.58. The first kappa shape index (κ1) is 5.03. The number of rotatable bonds is 0. The van der Waals surface area contributed by atoms with Crippen LogP contribution in [0.3, 0.4) is 0 Å². The van der Waals surface area contributed by atoms with E-state index in [2.05, 4.69) is 4.84 Å². The summed E-state index contributed by atoms with van der Waals surface area (Å²) in [4.78, 5) is 15.2. The first-order chi connectivity index (χ1) is 3.89. The van der Waals surface area contributed by atoms with Gasteiger partial charge in [0.2, 0.25) is 0 Å². The normalized spacial score (nSPS) is 17.8. The summed E-state index contributed by atoms with van der Waals surface area (Å²) in [5.74, 6) is 0. The average Bonchev–Trinajstić information content (AvgIpc) is 1.94. The molecule has 0 atom stereocenters.